The molecule has 2 heterocycles. The molecule has 0 bridgehead atoms. The maximum absolute atomic E-state index is 11.7. The number of hydrogen-bond donors (Lipinski definition) is 0. The Hall–Kier alpha value is -0.420. The van der Waals surface area contributed by atoms with E-state index in [0.29, 0.717) is 0 Å². The average Bonchev–Trinajstić information content (AvgIpc) is 2.73. The van der Waals surface area contributed by atoms with Gasteiger partial charge in [0.25, 0.3) is 0 Å². The molecule has 1 atom stereocenters. The second-order valence-corrected chi connectivity index (χ2v) is 5.49. The molecule has 2 rings (SSSR count). The number of amides is 1. The van der Waals surface area contributed by atoms with Gasteiger partial charge in [-0.1, -0.05) is 15.9 Å². The van der Waals surface area contributed by atoms with Gasteiger partial charge in [0.1, 0.15) is 0 Å². The van der Waals surface area contributed by atoms with Crippen LogP contribution in [0.1, 0.15) is 18.5 Å². The Morgan fingerprint density at radius 2 is 2.53 bits per heavy atom. The summed E-state index contributed by atoms with van der Waals surface area (Å²) in [6, 6.07) is 0. The third kappa shape index (κ3) is 2.78. The number of carbonyl (C=O) groups is 1. The van der Waals surface area contributed by atoms with Gasteiger partial charge in [-0.15, -0.1) is 11.3 Å². The molecule has 0 radical (unpaired) electrons. The fraction of sp³-hybridized carbons (Fsp3) is 0.600. The van der Waals surface area contributed by atoms with Crippen molar-refractivity contribution in [3.8, 4) is 0 Å². The van der Waals surface area contributed by atoms with Crippen molar-refractivity contribution in [1.82, 2.24) is 9.88 Å². The summed E-state index contributed by atoms with van der Waals surface area (Å²) in [4.78, 5) is 17.9. The van der Waals surface area contributed by atoms with Gasteiger partial charge >= 0.3 is 0 Å². The highest BCUT2D eigenvalue weighted by molar-refractivity contribution is 9.10. The minimum Gasteiger partial charge on any atom is -0.341 e. The predicted molar refractivity (Wildman–Crippen MR) is 64.3 cm³/mol. The lowest BCUT2D eigenvalue weighted by atomic mass is 10.1. The van der Waals surface area contributed by atoms with Gasteiger partial charge in [0, 0.05) is 24.9 Å². The first-order valence-corrected chi connectivity index (χ1v) is 6.93. The van der Waals surface area contributed by atoms with Crippen LogP contribution >= 0.6 is 27.3 Å². The van der Waals surface area contributed by atoms with Crippen LogP contribution in [0.4, 0.5) is 0 Å². The fourth-order valence-electron chi connectivity index (χ4n) is 1.73. The zero-order valence-corrected chi connectivity index (χ0v) is 10.8. The molecule has 1 fully saturated rings. The summed E-state index contributed by atoms with van der Waals surface area (Å²) in [7, 11) is 0. The number of likely N-dealkylation sites (tertiary alicyclic amines) is 1. The van der Waals surface area contributed by atoms with Gasteiger partial charge in [0.15, 0.2) is 0 Å². The molecule has 1 aliphatic heterocycles. The van der Waals surface area contributed by atoms with Crippen molar-refractivity contribution < 1.29 is 4.79 Å². The fourth-order valence-corrected chi connectivity index (χ4v) is 2.93. The van der Waals surface area contributed by atoms with Crippen LogP contribution in [0.2, 0.25) is 0 Å². The van der Waals surface area contributed by atoms with E-state index in [1.807, 2.05) is 15.8 Å². The maximum Gasteiger partial charge on any atom is 0.236 e. The summed E-state index contributed by atoms with van der Waals surface area (Å²) in [5, 5.41) is 2.04. The van der Waals surface area contributed by atoms with Crippen molar-refractivity contribution in [2.45, 2.75) is 24.1 Å². The van der Waals surface area contributed by atoms with Crippen molar-refractivity contribution in [3.05, 3.63) is 16.6 Å². The van der Waals surface area contributed by atoms with Crippen LogP contribution in [0.15, 0.2) is 10.9 Å². The lowest BCUT2D eigenvalue weighted by Crippen LogP contribution is -2.42. The minimum atomic E-state index is 0.0293. The van der Waals surface area contributed by atoms with Crippen molar-refractivity contribution >= 4 is 33.2 Å². The van der Waals surface area contributed by atoms with Crippen molar-refractivity contribution in [2.75, 3.05) is 13.1 Å². The number of thiazole rings is 1. The Balaban J connectivity index is 1.86. The molecule has 1 aromatic rings. The zero-order valence-electron chi connectivity index (χ0n) is 8.36. The monoisotopic (exact) mass is 288 g/mol. The van der Waals surface area contributed by atoms with Gasteiger partial charge < -0.3 is 4.90 Å². The molecule has 1 aromatic heterocycles. The average molecular weight is 289 g/mol. The highest BCUT2D eigenvalue weighted by atomic mass is 79.9. The number of hydrogen-bond acceptors (Lipinski definition) is 3. The van der Waals surface area contributed by atoms with E-state index in [2.05, 4.69) is 20.9 Å². The molecule has 5 heteroatoms. The number of halogens is 1. The van der Waals surface area contributed by atoms with E-state index in [4.69, 9.17) is 0 Å². The van der Waals surface area contributed by atoms with E-state index >= 15 is 0 Å². The minimum absolute atomic E-state index is 0.0293. The van der Waals surface area contributed by atoms with Crippen LogP contribution in [0, 0.1) is 0 Å². The van der Waals surface area contributed by atoms with E-state index < -0.39 is 0 Å². The van der Waals surface area contributed by atoms with Gasteiger partial charge in [0.2, 0.25) is 5.91 Å². The molecular weight excluding hydrogens is 276 g/mol. The standard InChI is InChI=1S/C10H13BrN2OS/c11-9-2-1-4-13(10(9)14)5-3-8-6-15-7-12-8/h6-7,9H,1-5H2. The molecular formula is C10H13BrN2OS. The molecule has 0 aromatic carbocycles. The number of carbonyl (C=O) groups excluding carboxylic acids is 1. The number of aromatic nitrogens is 1. The first kappa shape index (κ1) is 11.1. The van der Waals surface area contributed by atoms with Gasteiger partial charge in [-0.3, -0.25) is 4.79 Å². The molecule has 1 amide bonds. The van der Waals surface area contributed by atoms with Crippen LogP contribution in [0.25, 0.3) is 0 Å². The second-order valence-electron chi connectivity index (χ2n) is 3.66. The third-order valence-electron chi connectivity index (χ3n) is 2.59. The van der Waals surface area contributed by atoms with Gasteiger partial charge in [-0.2, -0.15) is 0 Å². The van der Waals surface area contributed by atoms with E-state index in [0.717, 1.165) is 38.0 Å². The summed E-state index contributed by atoms with van der Waals surface area (Å²) in [6.07, 6.45) is 2.93. The first-order valence-electron chi connectivity index (χ1n) is 5.07. The Kier molecular flexibility index (Phi) is 3.75. The normalized spacial score (nSPS) is 22.1. The van der Waals surface area contributed by atoms with Crippen molar-refractivity contribution in [3.63, 3.8) is 0 Å². The van der Waals surface area contributed by atoms with E-state index in [1.165, 1.54) is 0 Å². The second kappa shape index (κ2) is 5.07. The largest absolute Gasteiger partial charge is 0.341 e. The first-order chi connectivity index (χ1) is 7.27. The summed E-state index contributed by atoms with van der Waals surface area (Å²) in [6.45, 7) is 1.69. The quantitative estimate of drug-likeness (QED) is 0.798. The molecule has 1 unspecified atom stereocenters. The lowest BCUT2D eigenvalue weighted by Gasteiger charge is -2.29. The molecule has 3 nitrogen and oxygen atoms in total. The summed E-state index contributed by atoms with van der Waals surface area (Å²) in [5.41, 5.74) is 2.92. The summed E-state index contributed by atoms with van der Waals surface area (Å²) >= 11 is 5.01. The van der Waals surface area contributed by atoms with Crippen molar-refractivity contribution in [2.24, 2.45) is 0 Å². The molecule has 0 saturated carbocycles. The molecule has 15 heavy (non-hydrogen) atoms. The summed E-state index contributed by atoms with van der Waals surface area (Å²) in [5.74, 6) is 0.233. The Bertz CT molecular complexity index is 328. The van der Waals surface area contributed by atoms with Crippen molar-refractivity contribution in [1.29, 1.82) is 0 Å². The molecule has 1 saturated heterocycles. The predicted octanol–water partition coefficient (Wildman–Crippen LogP) is 2.07. The van der Waals surface area contributed by atoms with E-state index in [1.54, 1.807) is 11.3 Å². The Labute approximate surface area is 102 Å². The molecule has 82 valence electrons. The highest BCUT2D eigenvalue weighted by Gasteiger charge is 2.25. The number of nitrogens with zero attached hydrogens (tertiary/aromatic N) is 2. The maximum atomic E-state index is 11.7. The summed E-state index contributed by atoms with van der Waals surface area (Å²) < 4.78 is 0. The Morgan fingerprint density at radius 3 is 3.27 bits per heavy atom. The van der Waals surface area contributed by atoms with E-state index in [-0.39, 0.29) is 10.7 Å². The van der Waals surface area contributed by atoms with Crippen LogP contribution in [0.3, 0.4) is 0 Å². The lowest BCUT2D eigenvalue weighted by molar-refractivity contribution is -0.132. The zero-order chi connectivity index (χ0) is 10.7. The van der Waals surface area contributed by atoms with Crippen LogP contribution < -0.4 is 0 Å². The van der Waals surface area contributed by atoms with Gasteiger partial charge in [-0.25, -0.2) is 4.98 Å². The third-order valence-corrected chi connectivity index (χ3v) is 4.07. The van der Waals surface area contributed by atoms with E-state index in [9.17, 15) is 4.79 Å². The van der Waals surface area contributed by atoms with Gasteiger partial charge in [0.05, 0.1) is 16.0 Å². The van der Waals surface area contributed by atoms with Gasteiger partial charge in [-0.05, 0) is 12.8 Å². The molecule has 0 aliphatic carbocycles. The number of rotatable bonds is 3. The molecule has 1 aliphatic rings. The topological polar surface area (TPSA) is 33.2 Å². The highest BCUT2D eigenvalue weighted by Crippen LogP contribution is 2.18. The van der Waals surface area contributed by atoms with Crippen LogP contribution in [0.5, 0.6) is 0 Å². The smallest absolute Gasteiger partial charge is 0.236 e. The number of piperidine rings is 1. The molecule has 0 N–H and O–H groups in total. The van der Waals surface area contributed by atoms with Crippen LogP contribution in [-0.2, 0) is 11.2 Å². The molecule has 0 spiro atoms. The number of alkyl halides is 1. The SMILES string of the molecule is O=C1C(Br)CCCN1CCc1cscn1. The van der Waals surface area contributed by atoms with Crippen LogP contribution in [-0.4, -0.2) is 33.7 Å². The Morgan fingerprint density at radius 1 is 1.67 bits per heavy atom.